The fraction of sp³-hybridized carbons (Fsp3) is 0.722. The third kappa shape index (κ3) is 9.29. The van der Waals surface area contributed by atoms with Crippen LogP contribution in [0.5, 0.6) is 0 Å². The third-order valence-corrected chi connectivity index (χ3v) is 3.57. The van der Waals surface area contributed by atoms with Crippen LogP contribution in [-0.2, 0) is 11.2 Å². The Balaban J connectivity index is 2.50. The summed E-state index contributed by atoms with van der Waals surface area (Å²) in [5.74, 6) is 2.44. The van der Waals surface area contributed by atoms with Gasteiger partial charge in [-0.05, 0) is 29.9 Å². The van der Waals surface area contributed by atoms with Gasteiger partial charge in [-0.1, -0.05) is 27.7 Å². The van der Waals surface area contributed by atoms with Gasteiger partial charge in [0.1, 0.15) is 5.76 Å². The summed E-state index contributed by atoms with van der Waals surface area (Å²) < 4.78 is 10.5. The van der Waals surface area contributed by atoms with Gasteiger partial charge in [0.05, 0.1) is 6.26 Å². The van der Waals surface area contributed by atoms with Gasteiger partial charge in [-0.2, -0.15) is 0 Å². The van der Waals surface area contributed by atoms with E-state index in [1.54, 1.807) is 13.4 Å². The Morgan fingerprint density at radius 2 is 2.13 bits per heavy atom. The van der Waals surface area contributed by atoms with E-state index >= 15 is 0 Å². The molecule has 0 saturated heterocycles. The molecule has 0 amide bonds. The summed E-state index contributed by atoms with van der Waals surface area (Å²) in [6, 6.07) is 3.91. The summed E-state index contributed by atoms with van der Waals surface area (Å²) >= 11 is 0. The average molecular weight is 323 g/mol. The van der Waals surface area contributed by atoms with Gasteiger partial charge in [0.15, 0.2) is 5.96 Å². The highest BCUT2D eigenvalue weighted by atomic mass is 16.5. The van der Waals surface area contributed by atoms with E-state index in [0.29, 0.717) is 5.92 Å². The van der Waals surface area contributed by atoms with Crippen LogP contribution in [0.1, 0.15) is 39.9 Å². The lowest BCUT2D eigenvalue weighted by Gasteiger charge is -2.23. The molecule has 0 aromatic carbocycles. The van der Waals surface area contributed by atoms with Crippen LogP contribution >= 0.6 is 0 Å². The lowest BCUT2D eigenvalue weighted by atomic mass is 9.90. The van der Waals surface area contributed by atoms with Gasteiger partial charge < -0.3 is 19.8 Å². The van der Waals surface area contributed by atoms with Crippen LogP contribution in [0.25, 0.3) is 0 Å². The van der Waals surface area contributed by atoms with Gasteiger partial charge in [0.2, 0.25) is 0 Å². The zero-order chi connectivity index (χ0) is 17.1. The molecule has 1 aromatic rings. The first kappa shape index (κ1) is 19.6. The zero-order valence-corrected chi connectivity index (χ0v) is 15.3. The number of hydrogen-bond donors (Lipinski definition) is 2. The van der Waals surface area contributed by atoms with E-state index in [2.05, 4.69) is 38.3 Å². The van der Waals surface area contributed by atoms with Crippen molar-refractivity contribution in [1.29, 1.82) is 0 Å². The molecular weight excluding hydrogens is 290 g/mol. The molecule has 1 rings (SSSR count). The molecule has 0 spiro atoms. The SMILES string of the molecule is COCCC(C)(C)CN=C(NCCc1ccco1)NCC(C)C. The van der Waals surface area contributed by atoms with E-state index < -0.39 is 0 Å². The molecule has 0 unspecified atom stereocenters. The molecule has 0 bridgehead atoms. The Hall–Kier alpha value is -1.49. The average Bonchev–Trinajstić information content (AvgIpc) is 3.00. The monoisotopic (exact) mass is 323 g/mol. The normalized spacial score (nSPS) is 12.7. The first-order valence-electron chi connectivity index (χ1n) is 8.46. The highest BCUT2D eigenvalue weighted by Crippen LogP contribution is 2.20. The second-order valence-electron chi connectivity index (χ2n) is 7.10. The molecule has 0 atom stereocenters. The molecule has 0 saturated carbocycles. The van der Waals surface area contributed by atoms with Crippen LogP contribution in [-0.4, -0.2) is 39.3 Å². The van der Waals surface area contributed by atoms with Crippen LogP contribution in [0.4, 0.5) is 0 Å². The molecule has 0 aliphatic heterocycles. The van der Waals surface area contributed by atoms with Crippen molar-refractivity contribution >= 4 is 5.96 Å². The Labute approximate surface area is 140 Å². The van der Waals surface area contributed by atoms with Crippen molar-refractivity contribution < 1.29 is 9.15 Å². The number of nitrogens with zero attached hydrogens (tertiary/aromatic N) is 1. The lowest BCUT2D eigenvalue weighted by Crippen LogP contribution is -2.40. The minimum Gasteiger partial charge on any atom is -0.469 e. The molecule has 5 nitrogen and oxygen atoms in total. The first-order valence-corrected chi connectivity index (χ1v) is 8.46. The molecule has 0 fully saturated rings. The van der Waals surface area contributed by atoms with Crippen molar-refractivity contribution in [2.24, 2.45) is 16.3 Å². The largest absolute Gasteiger partial charge is 0.469 e. The second-order valence-corrected chi connectivity index (χ2v) is 7.10. The van der Waals surface area contributed by atoms with E-state index in [9.17, 15) is 0 Å². The van der Waals surface area contributed by atoms with Crippen molar-refractivity contribution in [3.05, 3.63) is 24.2 Å². The zero-order valence-electron chi connectivity index (χ0n) is 15.3. The third-order valence-electron chi connectivity index (χ3n) is 3.57. The van der Waals surface area contributed by atoms with Gasteiger partial charge in [0, 0.05) is 39.8 Å². The standard InChI is InChI=1S/C18H33N3O2/c1-15(2)13-20-17(19-10-8-16-7-6-11-23-16)21-14-18(3,4)9-12-22-5/h6-7,11,15H,8-10,12-14H2,1-5H3,(H2,19,20,21). The number of hydrogen-bond acceptors (Lipinski definition) is 3. The smallest absolute Gasteiger partial charge is 0.191 e. The Bertz CT molecular complexity index is 439. The summed E-state index contributed by atoms with van der Waals surface area (Å²) in [4.78, 5) is 4.75. The summed E-state index contributed by atoms with van der Waals surface area (Å²) in [6.07, 6.45) is 3.55. The maximum Gasteiger partial charge on any atom is 0.191 e. The molecule has 2 N–H and O–H groups in total. The molecule has 0 aliphatic carbocycles. The second kappa shape index (κ2) is 10.3. The van der Waals surface area contributed by atoms with E-state index in [-0.39, 0.29) is 5.41 Å². The molecule has 5 heteroatoms. The van der Waals surface area contributed by atoms with Crippen LogP contribution in [0.3, 0.4) is 0 Å². The number of ether oxygens (including phenoxy) is 1. The molecule has 23 heavy (non-hydrogen) atoms. The quantitative estimate of drug-likeness (QED) is 0.513. The minimum absolute atomic E-state index is 0.128. The van der Waals surface area contributed by atoms with E-state index in [1.165, 1.54) is 0 Å². The maximum absolute atomic E-state index is 5.36. The van der Waals surface area contributed by atoms with Crippen LogP contribution in [0.2, 0.25) is 0 Å². The van der Waals surface area contributed by atoms with Gasteiger partial charge >= 0.3 is 0 Å². The van der Waals surface area contributed by atoms with Crippen molar-refractivity contribution in [2.45, 2.75) is 40.5 Å². The fourth-order valence-electron chi connectivity index (χ4n) is 1.98. The highest BCUT2D eigenvalue weighted by Gasteiger charge is 2.17. The van der Waals surface area contributed by atoms with E-state index in [4.69, 9.17) is 14.1 Å². The summed E-state index contributed by atoms with van der Waals surface area (Å²) in [6.45, 7) is 12.1. The highest BCUT2D eigenvalue weighted by molar-refractivity contribution is 5.79. The summed E-state index contributed by atoms with van der Waals surface area (Å²) in [5.41, 5.74) is 0.128. The van der Waals surface area contributed by atoms with Gasteiger partial charge in [-0.3, -0.25) is 4.99 Å². The maximum atomic E-state index is 5.36. The summed E-state index contributed by atoms with van der Waals surface area (Å²) in [7, 11) is 1.74. The number of furan rings is 1. The van der Waals surface area contributed by atoms with Gasteiger partial charge in [-0.15, -0.1) is 0 Å². The summed E-state index contributed by atoms with van der Waals surface area (Å²) in [5, 5.41) is 6.79. The molecule has 132 valence electrons. The Morgan fingerprint density at radius 3 is 2.74 bits per heavy atom. The van der Waals surface area contributed by atoms with Crippen LogP contribution in [0, 0.1) is 11.3 Å². The van der Waals surface area contributed by atoms with Crippen molar-refractivity contribution in [3.63, 3.8) is 0 Å². The number of nitrogens with one attached hydrogen (secondary N) is 2. The predicted molar refractivity (Wildman–Crippen MR) is 95.8 cm³/mol. The predicted octanol–water partition coefficient (Wildman–Crippen LogP) is 3.08. The van der Waals surface area contributed by atoms with Crippen molar-refractivity contribution in [1.82, 2.24) is 10.6 Å². The van der Waals surface area contributed by atoms with E-state index in [0.717, 1.165) is 50.8 Å². The van der Waals surface area contributed by atoms with E-state index in [1.807, 2.05) is 12.1 Å². The minimum atomic E-state index is 0.128. The van der Waals surface area contributed by atoms with Crippen molar-refractivity contribution in [2.75, 3.05) is 33.4 Å². The first-order chi connectivity index (χ1) is 10.9. The fourth-order valence-corrected chi connectivity index (χ4v) is 1.98. The molecule has 0 aliphatic rings. The number of rotatable bonds is 10. The van der Waals surface area contributed by atoms with Crippen molar-refractivity contribution in [3.8, 4) is 0 Å². The number of methoxy groups -OCH3 is 1. The lowest BCUT2D eigenvalue weighted by molar-refractivity contribution is 0.155. The topological polar surface area (TPSA) is 58.8 Å². The number of guanidine groups is 1. The Morgan fingerprint density at radius 1 is 1.35 bits per heavy atom. The number of aliphatic imine (C=N–C) groups is 1. The molecule has 1 heterocycles. The van der Waals surface area contributed by atoms with Gasteiger partial charge in [0.25, 0.3) is 0 Å². The Kier molecular flexibility index (Phi) is 8.77. The van der Waals surface area contributed by atoms with Gasteiger partial charge in [-0.25, -0.2) is 0 Å². The van der Waals surface area contributed by atoms with Crippen LogP contribution < -0.4 is 10.6 Å². The molecule has 0 radical (unpaired) electrons. The van der Waals surface area contributed by atoms with Crippen LogP contribution in [0.15, 0.2) is 27.8 Å². The molecular formula is C18H33N3O2. The molecule has 1 aromatic heterocycles.